The largest absolute Gasteiger partial charge is 0.488 e. The van der Waals surface area contributed by atoms with Crippen molar-refractivity contribution in [2.75, 3.05) is 11.1 Å². The van der Waals surface area contributed by atoms with E-state index in [0.29, 0.717) is 22.6 Å². The van der Waals surface area contributed by atoms with Gasteiger partial charge in [0.1, 0.15) is 17.0 Å². The second-order valence-corrected chi connectivity index (χ2v) is 7.03. The minimum absolute atomic E-state index is 0.0581. The molecule has 1 fully saturated rings. The molecule has 0 spiro atoms. The van der Waals surface area contributed by atoms with Crippen molar-refractivity contribution in [3.05, 3.63) is 42.0 Å². The van der Waals surface area contributed by atoms with Crippen LogP contribution in [0.3, 0.4) is 0 Å². The van der Waals surface area contributed by atoms with Crippen LogP contribution in [0.4, 0.5) is 11.5 Å². The summed E-state index contributed by atoms with van der Waals surface area (Å²) in [6.45, 7) is 0. The molecule has 0 aromatic carbocycles. The van der Waals surface area contributed by atoms with Crippen LogP contribution in [0.1, 0.15) is 48.0 Å². The number of aromatic nitrogens is 4. The number of nitriles is 1. The van der Waals surface area contributed by atoms with Gasteiger partial charge in [-0.1, -0.05) is 6.42 Å². The third-order valence-electron chi connectivity index (χ3n) is 4.94. The van der Waals surface area contributed by atoms with Crippen LogP contribution in [-0.4, -0.2) is 31.6 Å². The van der Waals surface area contributed by atoms with Crippen LogP contribution in [0.15, 0.2) is 30.9 Å². The number of carbonyl (C=O) groups excluding carboxylic acids is 1. The van der Waals surface area contributed by atoms with E-state index in [4.69, 9.17) is 15.7 Å². The fourth-order valence-corrected chi connectivity index (χ4v) is 3.52. The zero-order valence-corrected chi connectivity index (χ0v) is 15.8. The summed E-state index contributed by atoms with van der Waals surface area (Å²) in [5, 5.41) is 15.8. The van der Waals surface area contributed by atoms with Gasteiger partial charge in [0.05, 0.1) is 24.8 Å². The zero-order chi connectivity index (χ0) is 20.2. The summed E-state index contributed by atoms with van der Waals surface area (Å²) < 4.78 is 7.53. The van der Waals surface area contributed by atoms with E-state index in [9.17, 15) is 4.79 Å². The molecule has 1 saturated carbocycles. The van der Waals surface area contributed by atoms with Crippen LogP contribution in [0.25, 0.3) is 5.65 Å². The normalized spacial score (nSPS) is 14.4. The Bertz CT molecular complexity index is 1080. The van der Waals surface area contributed by atoms with E-state index in [-0.39, 0.29) is 23.9 Å². The molecule has 0 aliphatic heterocycles. The van der Waals surface area contributed by atoms with Crippen molar-refractivity contribution in [3.63, 3.8) is 0 Å². The maximum Gasteiger partial charge on any atom is 0.263 e. The van der Waals surface area contributed by atoms with Crippen molar-refractivity contribution >= 4 is 23.1 Å². The average Bonchev–Trinajstić information content (AvgIpc) is 3.05. The Morgan fingerprint density at radius 1 is 1.34 bits per heavy atom. The van der Waals surface area contributed by atoms with Crippen LogP contribution in [0.5, 0.6) is 5.75 Å². The fraction of sp³-hybridized carbons (Fsp3) is 0.350. The molecule has 0 bridgehead atoms. The lowest BCUT2D eigenvalue weighted by atomic mass is 9.98. The van der Waals surface area contributed by atoms with E-state index in [1.54, 1.807) is 24.7 Å². The predicted molar refractivity (Wildman–Crippen MR) is 106 cm³/mol. The summed E-state index contributed by atoms with van der Waals surface area (Å²) in [6.07, 6.45) is 12.2. The molecule has 4 rings (SSSR count). The maximum absolute atomic E-state index is 12.9. The Kier molecular flexibility index (Phi) is 5.24. The van der Waals surface area contributed by atoms with Gasteiger partial charge in [0.25, 0.3) is 5.91 Å². The Balaban J connectivity index is 1.58. The number of hydrogen-bond acceptors (Lipinski definition) is 7. The molecule has 0 saturated heterocycles. The van der Waals surface area contributed by atoms with Gasteiger partial charge in [-0.05, 0) is 25.7 Å². The first-order valence-electron chi connectivity index (χ1n) is 9.57. The number of anilines is 2. The van der Waals surface area contributed by atoms with Crippen molar-refractivity contribution in [2.45, 2.75) is 44.6 Å². The van der Waals surface area contributed by atoms with Crippen LogP contribution in [-0.2, 0) is 6.42 Å². The number of ether oxygens (including phenoxy) is 1. The summed E-state index contributed by atoms with van der Waals surface area (Å²) in [7, 11) is 0. The molecule has 1 amide bonds. The maximum atomic E-state index is 12.9. The van der Waals surface area contributed by atoms with Crippen LogP contribution < -0.4 is 15.8 Å². The molecular weight excluding hydrogens is 370 g/mol. The van der Waals surface area contributed by atoms with Crippen molar-refractivity contribution in [1.29, 1.82) is 5.26 Å². The number of amides is 1. The lowest BCUT2D eigenvalue weighted by Gasteiger charge is -2.24. The molecule has 9 nitrogen and oxygen atoms in total. The van der Waals surface area contributed by atoms with Crippen LogP contribution in [0, 0.1) is 11.3 Å². The summed E-state index contributed by atoms with van der Waals surface area (Å²) in [6, 6.07) is 3.80. The number of rotatable bonds is 5. The molecule has 0 unspecified atom stereocenters. The molecule has 3 heterocycles. The monoisotopic (exact) mass is 391 g/mol. The molecule has 1 aliphatic rings. The SMILES string of the molecule is N#CCc1cnc2c(C(=O)Nc3cnccc3OC3CCCCC3)c(N)nn2c1. The second kappa shape index (κ2) is 8.14. The van der Waals surface area contributed by atoms with Gasteiger partial charge < -0.3 is 15.8 Å². The van der Waals surface area contributed by atoms with Crippen molar-refractivity contribution in [2.24, 2.45) is 0 Å². The van der Waals surface area contributed by atoms with E-state index in [2.05, 4.69) is 26.5 Å². The molecule has 9 heteroatoms. The molecule has 3 N–H and O–H groups in total. The Hall–Kier alpha value is -3.67. The molecule has 0 atom stereocenters. The third-order valence-corrected chi connectivity index (χ3v) is 4.94. The number of nitrogens with two attached hydrogens (primary N) is 1. The van der Waals surface area contributed by atoms with E-state index >= 15 is 0 Å². The van der Waals surface area contributed by atoms with E-state index in [1.165, 1.54) is 17.1 Å². The van der Waals surface area contributed by atoms with Gasteiger partial charge in [-0.25, -0.2) is 9.50 Å². The second-order valence-electron chi connectivity index (χ2n) is 7.03. The van der Waals surface area contributed by atoms with E-state index < -0.39 is 5.91 Å². The first-order chi connectivity index (χ1) is 14.2. The smallest absolute Gasteiger partial charge is 0.263 e. The van der Waals surface area contributed by atoms with Gasteiger partial charge in [0.15, 0.2) is 11.5 Å². The Morgan fingerprint density at radius 3 is 2.97 bits per heavy atom. The topological polar surface area (TPSA) is 131 Å². The van der Waals surface area contributed by atoms with Crippen LogP contribution in [0.2, 0.25) is 0 Å². The minimum Gasteiger partial charge on any atom is -0.488 e. The van der Waals surface area contributed by atoms with Gasteiger partial charge in [-0.15, -0.1) is 5.10 Å². The van der Waals surface area contributed by atoms with Gasteiger partial charge in [-0.3, -0.25) is 9.78 Å². The highest BCUT2D eigenvalue weighted by Crippen LogP contribution is 2.29. The standard InChI is InChI=1S/C20H21N7O2/c21-8-6-13-10-24-19-17(18(22)26-27(19)12-13)20(28)25-15-11-23-9-7-16(15)29-14-4-2-1-3-5-14/h7,9-12,14H,1-6H2,(H2,22,26)(H,25,28). The molecule has 148 valence electrons. The number of nitrogens with one attached hydrogen (secondary N) is 1. The van der Waals surface area contributed by atoms with Crippen molar-refractivity contribution in [3.8, 4) is 11.8 Å². The van der Waals surface area contributed by atoms with Gasteiger partial charge in [0.2, 0.25) is 0 Å². The first-order valence-corrected chi connectivity index (χ1v) is 9.57. The molecule has 3 aromatic rings. The molecular formula is C20H21N7O2. The number of nitrogen functional groups attached to an aromatic ring is 1. The quantitative estimate of drug-likeness (QED) is 0.683. The number of carbonyl (C=O) groups is 1. The van der Waals surface area contributed by atoms with Crippen molar-refractivity contribution in [1.82, 2.24) is 19.6 Å². The van der Waals surface area contributed by atoms with Gasteiger partial charge in [-0.2, -0.15) is 5.26 Å². The van der Waals surface area contributed by atoms with E-state index in [0.717, 1.165) is 25.7 Å². The molecule has 1 aliphatic carbocycles. The van der Waals surface area contributed by atoms with Gasteiger partial charge >= 0.3 is 0 Å². The highest BCUT2D eigenvalue weighted by atomic mass is 16.5. The van der Waals surface area contributed by atoms with E-state index in [1.807, 2.05) is 0 Å². The highest BCUT2D eigenvalue weighted by Gasteiger charge is 2.22. The summed E-state index contributed by atoms with van der Waals surface area (Å²) in [5.74, 6) is 0.196. The highest BCUT2D eigenvalue weighted by molar-refractivity contribution is 6.11. The van der Waals surface area contributed by atoms with Gasteiger partial charge in [0, 0.05) is 30.2 Å². The molecule has 3 aromatic heterocycles. The lowest BCUT2D eigenvalue weighted by molar-refractivity contribution is 0.102. The molecule has 0 radical (unpaired) electrons. The fourth-order valence-electron chi connectivity index (χ4n) is 3.52. The lowest BCUT2D eigenvalue weighted by Crippen LogP contribution is -2.21. The van der Waals surface area contributed by atoms with Crippen LogP contribution >= 0.6 is 0 Å². The number of fused-ring (bicyclic) bond motifs is 1. The minimum atomic E-state index is -0.445. The zero-order valence-electron chi connectivity index (χ0n) is 15.8. The Morgan fingerprint density at radius 2 is 2.17 bits per heavy atom. The predicted octanol–water partition coefficient (Wildman–Crippen LogP) is 2.74. The first kappa shape index (κ1) is 18.7. The average molecular weight is 391 g/mol. The number of pyridine rings is 1. The number of hydrogen-bond donors (Lipinski definition) is 2. The molecule has 29 heavy (non-hydrogen) atoms. The number of nitrogens with zero attached hydrogens (tertiary/aromatic N) is 5. The third kappa shape index (κ3) is 3.96. The Labute approximate surface area is 167 Å². The summed E-state index contributed by atoms with van der Waals surface area (Å²) in [4.78, 5) is 21.3. The van der Waals surface area contributed by atoms with Crippen molar-refractivity contribution < 1.29 is 9.53 Å². The summed E-state index contributed by atoms with van der Waals surface area (Å²) in [5.41, 5.74) is 7.62. The summed E-state index contributed by atoms with van der Waals surface area (Å²) >= 11 is 0.